The molecule has 0 bridgehead atoms. The smallest absolute Gasteiger partial charge is 0.241 e. The lowest BCUT2D eigenvalue weighted by Gasteiger charge is -2.26. The lowest BCUT2D eigenvalue weighted by Crippen LogP contribution is -2.51. The van der Waals surface area contributed by atoms with Gasteiger partial charge in [-0.05, 0) is 43.2 Å². The Hall–Kier alpha value is -1.92. The molecule has 3 aliphatic rings. The number of hydrogen-bond donors (Lipinski definition) is 1. The van der Waals surface area contributed by atoms with E-state index in [1.165, 1.54) is 28.5 Å². The first-order valence-corrected chi connectivity index (χ1v) is 11.1. The SMILES string of the molecule is O=C[C@@H]1CCCN1C(=O)[C@H]1NCSC1C(=O)CCCC1=Cc2ccccc2C1. The fourth-order valence-corrected chi connectivity index (χ4v) is 5.62. The van der Waals surface area contributed by atoms with Crippen LogP contribution in [0.15, 0.2) is 29.8 Å². The Morgan fingerprint density at radius 1 is 1.29 bits per heavy atom. The van der Waals surface area contributed by atoms with E-state index < -0.39 is 6.04 Å². The number of benzene rings is 1. The summed E-state index contributed by atoms with van der Waals surface area (Å²) in [5.74, 6) is 0.658. The van der Waals surface area contributed by atoms with Gasteiger partial charge in [0.2, 0.25) is 5.91 Å². The van der Waals surface area contributed by atoms with Crippen molar-refractivity contribution in [1.82, 2.24) is 10.2 Å². The minimum absolute atomic E-state index is 0.0908. The lowest BCUT2D eigenvalue weighted by molar-refractivity contribution is -0.137. The van der Waals surface area contributed by atoms with Gasteiger partial charge in [-0.25, -0.2) is 0 Å². The molecule has 0 spiro atoms. The third-order valence-electron chi connectivity index (χ3n) is 5.94. The summed E-state index contributed by atoms with van der Waals surface area (Å²) in [6, 6.07) is 7.59. The van der Waals surface area contributed by atoms with E-state index in [2.05, 4.69) is 35.7 Å². The van der Waals surface area contributed by atoms with Crippen LogP contribution in [-0.4, -0.2) is 52.6 Å². The molecule has 2 heterocycles. The maximum Gasteiger partial charge on any atom is 0.241 e. The molecular formula is C22H26N2O3S. The molecule has 5 nitrogen and oxygen atoms in total. The number of amides is 1. The minimum atomic E-state index is -0.493. The normalized spacial score (nSPS) is 26.2. The molecule has 0 aromatic heterocycles. The number of rotatable bonds is 7. The Labute approximate surface area is 169 Å². The van der Waals surface area contributed by atoms with Crippen LogP contribution in [0, 0.1) is 0 Å². The second-order valence-electron chi connectivity index (χ2n) is 7.79. The van der Waals surface area contributed by atoms with Gasteiger partial charge in [-0.1, -0.05) is 35.9 Å². The van der Waals surface area contributed by atoms with Gasteiger partial charge in [0.25, 0.3) is 0 Å². The Morgan fingerprint density at radius 3 is 2.96 bits per heavy atom. The highest BCUT2D eigenvalue weighted by Gasteiger charge is 2.42. The van der Waals surface area contributed by atoms with Gasteiger partial charge in [0.1, 0.15) is 18.1 Å². The molecule has 1 aromatic carbocycles. The molecule has 1 aliphatic carbocycles. The summed E-state index contributed by atoms with van der Waals surface area (Å²) in [6.45, 7) is 0.612. The van der Waals surface area contributed by atoms with E-state index in [0.717, 1.165) is 38.4 Å². The van der Waals surface area contributed by atoms with Crippen molar-refractivity contribution in [3.05, 3.63) is 41.0 Å². The summed E-state index contributed by atoms with van der Waals surface area (Å²) in [7, 11) is 0. The lowest BCUT2D eigenvalue weighted by atomic mass is 10.0. The van der Waals surface area contributed by atoms with E-state index in [4.69, 9.17) is 0 Å². The van der Waals surface area contributed by atoms with Crippen molar-refractivity contribution in [2.75, 3.05) is 12.4 Å². The molecule has 2 aliphatic heterocycles. The Morgan fingerprint density at radius 2 is 2.14 bits per heavy atom. The van der Waals surface area contributed by atoms with Crippen LogP contribution < -0.4 is 5.32 Å². The highest BCUT2D eigenvalue weighted by Crippen LogP contribution is 2.30. The van der Waals surface area contributed by atoms with Crippen LogP contribution in [-0.2, 0) is 20.8 Å². The number of carbonyl (C=O) groups is 3. The molecule has 6 heteroatoms. The zero-order chi connectivity index (χ0) is 19.5. The van der Waals surface area contributed by atoms with Crippen molar-refractivity contribution < 1.29 is 14.4 Å². The van der Waals surface area contributed by atoms with Crippen molar-refractivity contribution in [2.24, 2.45) is 0 Å². The number of hydrogen-bond acceptors (Lipinski definition) is 5. The average Bonchev–Trinajstić information content (AvgIpc) is 3.45. The van der Waals surface area contributed by atoms with Gasteiger partial charge in [0.15, 0.2) is 0 Å². The largest absolute Gasteiger partial charge is 0.332 e. The van der Waals surface area contributed by atoms with E-state index in [-0.39, 0.29) is 23.0 Å². The van der Waals surface area contributed by atoms with Gasteiger partial charge in [0, 0.05) is 18.8 Å². The van der Waals surface area contributed by atoms with E-state index in [9.17, 15) is 14.4 Å². The zero-order valence-corrected chi connectivity index (χ0v) is 16.7. The number of Topliss-reactive ketones (excluding diaryl/α,β-unsaturated/α-hetero) is 1. The second kappa shape index (κ2) is 8.62. The summed E-state index contributed by atoms with van der Waals surface area (Å²) < 4.78 is 0. The molecular weight excluding hydrogens is 372 g/mol. The number of likely N-dealkylation sites (tertiary alicyclic amines) is 1. The van der Waals surface area contributed by atoms with Crippen molar-refractivity contribution in [3.8, 4) is 0 Å². The number of aldehydes is 1. The number of carbonyl (C=O) groups excluding carboxylic acids is 3. The van der Waals surface area contributed by atoms with Crippen LogP contribution in [0.2, 0.25) is 0 Å². The highest BCUT2D eigenvalue weighted by molar-refractivity contribution is 8.00. The molecule has 0 radical (unpaired) electrons. The first-order valence-electron chi connectivity index (χ1n) is 10.1. The zero-order valence-electron chi connectivity index (χ0n) is 15.9. The Balaban J connectivity index is 1.29. The predicted octanol–water partition coefficient (Wildman–Crippen LogP) is 2.59. The summed E-state index contributed by atoms with van der Waals surface area (Å²) in [5, 5.41) is 2.84. The van der Waals surface area contributed by atoms with Crippen molar-refractivity contribution in [2.45, 2.75) is 55.9 Å². The number of nitrogens with one attached hydrogen (secondary N) is 1. The molecule has 3 atom stereocenters. The summed E-state index contributed by atoms with van der Waals surface area (Å²) >= 11 is 1.52. The van der Waals surface area contributed by atoms with Gasteiger partial charge in [0.05, 0.1) is 11.3 Å². The van der Waals surface area contributed by atoms with Crippen LogP contribution in [0.1, 0.15) is 43.2 Å². The van der Waals surface area contributed by atoms with E-state index in [1.54, 1.807) is 4.90 Å². The van der Waals surface area contributed by atoms with Gasteiger partial charge < -0.3 is 9.69 Å². The van der Waals surface area contributed by atoms with E-state index in [1.807, 2.05) is 0 Å². The fraction of sp³-hybridized carbons (Fsp3) is 0.500. The van der Waals surface area contributed by atoms with Crippen molar-refractivity contribution in [3.63, 3.8) is 0 Å². The molecule has 1 aromatic rings. The maximum absolute atomic E-state index is 12.9. The molecule has 1 unspecified atom stereocenters. The minimum Gasteiger partial charge on any atom is -0.332 e. The van der Waals surface area contributed by atoms with Crippen LogP contribution in [0.4, 0.5) is 0 Å². The van der Waals surface area contributed by atoms with Crippen LogP contribution in [0.5, 0.6) is 0 Å². The average molecular weight is 399 g/mol. The maximum atomic E-state index is 12.9. The number of allylic oxidation sites excluding steroid dienone is 1. The summed E-state index contributed by atoms with van der Waals surface area (Å²) in [6.07, 6.45) is 7.89. The second-order valence-corrected chi connectivity index (χ2v) is 8.92. The van der Waals surface area contributed by atoms with Crippen molar-refractivity contribution >= 4 is 35.8 Å². The third kappa shape index (κ3) is 3.94. The highest BCUT2D eigenvalue weighted by atomic mass is 32.2. The van der Waals surface area contributed by atoms with Gasteiger partial charge in [-0.3, -0.25) is 14.9 Å². The number of nitrogens with zero attached hydrogens (tertiary/aromatic N) is 1. The molecule has 1 amide bonds. The van der Waals surface area contributed by atoms with E-state index in [0.29, 0.717) is 18.8 Å². The molecule has 28 heavy (non-hydrogen) atoms. The third-order valence-corrected chi connectivity index (χ3v) is 7.17. The standard InChI is InChI=1S/C22H26N2O3S/c25-13-18-8-4-10-24(18)22(27)20-21(28-14-23-20)19(26)9-3-5-15-11-16-6-1-2-7-17(16)12-15/h1-2,6-7,11,13,18,20-21,23H,3-5,8-10,12,14H2/t18-,20-,21?/m0/s1. The number of fused-ring (bicyclic) bond motifs is 1. The number of ketones is 1. The Bertz CT molecular complexity index is 807. The van der Waals surface area contributed by atoms with Crippen LogP contribution in [0.3, 0.4) is 0 Å². The Kier molecular flexibility index (Phi) is 5.97. The summed E-state index contributed by atoms with van der Waals surface area (Å²) in [5.41, 5.74) is 4.03. The summed E-state index contributed by atoms with van der Waals surface area (Å²) in [4.78, 5) is 38.5. The number of thioether (sulfide) groups is 1. The quantitative estimate of drug-likeness (QED) is 0.715. The fourth-order valence-electron chi connectivity index (χ4n) is 4.46. The van der Waals surface area contributed by atoms with Gasteiger partial charge >= 0.3 is 0 Å². The van der Waals surface area contributed by atoms with Crippen molar-refractivity contribution in [1.29, 1.82) is 0 Å². The molecule has 4 rings (SSSR count). The first kappa shape index (κ1) is 19.4. The van der Waals surface area contributed by atoms with Crippen LogP contribution >= 0.6 is 11.8 Å². The molecule has 2 saturated heterocycles. The molecule has 2 fully saturated rings. The van der Waals surface area contributed by atoms with Crippen LogP contribution in [0.25, 0.3) is 6.08 Å². The first-order chi connectivity index (χ1) is 13.7. The topological polar surface area (TPSA) is 66.5 Å². The van der Waals surface area contributed by atoms with E-state index >= 15 is 0 Å². The molecule has 1 N–H and O–H groups in total. The predicted molar refractivity (Wildman–Crippen MR) is 111 cm³/mol. The monoisotopic (exact) mass is 398 g/mol. The molecule has 0 saturated carbocycles. The molecule has 148 valence electrons. The van der Waals surface area contributed by atoms with Gasteiger partial charge in [-0.15, -0.1) is 11.8 Å². The van der Waals surface area contributed by atoms with Gasteiger partial charge in [-0.2, -0.15) is 0 Å².